The number of thiophene rings is 2. The fourth-order valence-corrected chi connectivity index (χ4v) is 6.53. The van der Waals surface area contributed by atoms with Gasteiger partial charge in [-0.05, 0) is 29.3 Å². The summed E-state index contributed by atoms with van der Waals surface area (Å²) in [6.07, 6.45) is 6.18. The van der Waals surface area contributed by atoms with E-state index in [2.05, 4.69) is 24.1 Å². The summed E-state index contributed by atoms with van der Waals surface area (Å²) in [6, 6.07) is 7.98. The largest absolute Gasteiger partial charge is 0.454 e. The van der Waals surface area contributed by atoms with Crippen LogP contribution in [0.2, 0.25) is 0 Å². The van der Waals surface area contributed by atoms with Gasteiger partial charge in [-0.3, -0.25) is 0 Å². The first-order valence-electron chi connectivity index (χ1n) is 10.5. The second kappa shape index (κ2) is 8.72. The highest BCUT2D eigenvalue weighted by Crippen LogP contribution is 2.38. The highest BCUT2D eigenvalue weighted by molar-refractivity contribution is 7.10. The zero-order valence-electron chi connectivity index (χ0n) is 16.8. The number of carbonyl (C=O) groups is 1. The quantitative estimate of drug-likeness (QED) is 0.364. The average Bonchev–Trinajstić information content (AvgIpc) is 3.43. The Morgan fingerprint density at radius 3 is 2.69 bits per heavy atom. The first-order valence-corrected chi connectivity index (χ1v) is 12.3. The lowest BCUT2D eigenvalue weighted by Crippen LogP contribution is -2.65. The normalized spacial score (nSPS) is 28.0. The van der Waals surface area contributed by atoms with Crippen molar-refractivity contribution >= 4 is 28.6 Å². The Morgan fingerprint density at radius 1 is 1.28 bits per heavy atom. The number of rotatable bonds is 9. The van der Waals surface area contributed by atoms with Crippen LogP contribution >= 0.6 is 22.7 Å². The number of quaternary nitrogens is 1. The Balaban J connectivity index is 1.40. The Labute approximate surface area is 181 Å². The second-order valence-corrected chi connectivity index (χ2v) is 10.5. The number of hydrogen-bond donors (Lipinski definition) is 1. The van der Waals surface area contributed by atoms with Gasteiger partial charge in [0.25, 0.3) is 0 Å². The molecule has 29 heavy (non-hydrogen) atoms. The van der Waals surface area contributed by atoms with Gasteiger partial charge in [-0.25, -0.2) is 4.79 Å². The molecule has 0 amide bonds. The van der Waals surface area contributed by atoms with E-state index in [9.17, 15) is 9.90 Å². The molecule has 2 aromatic heterocycles. The van der Waals surface area contributed by atoms with Crippen LogP contribution in [-0.2, 0) is 21.6 Å². The third-order valence-corrected chi connectivity index (χ3v) is 8.60. The van der Waals surface area contributed by atoms with E-state index in [4.69, 9.17) is 4.74 Å². The lowest BCUT2D eigenvalue weighted by atomic mass is 9.82. The third kappa shape index (κ3) is 4.36. The molecular formula is C23H30NO3S2+. The fourth-order valence-electron chi connectivity index (χ4n) is 4.95. The number of fused-ring (bicyclic) bond motifs is 3. The van der Waals surface area contributed by atoms with Gasteiger partial charge in [0.05, 0.1) is 19.6 Å². The summed E-state index contributed by atoms with van der Waals surface area (Å²) in [4.78, 5) is 15.1. The van der Waals surface area contributed by atoms with E-state index in [-0.39, 0.29) is 12.5 Å². The molecule has 0 saturated carbocycles. The lowest BCUT2D eigenvalue weighted by Gasteiger charge is -2.52. The van der Waals surface area contributed by atoms with Gasteiger partial charge in [-0.1, -0.05) is 18.2 Å². The van der Waals surface area contributed by atoms with E-state index in [0.717, 1.165) is 36.8 Å². The van der Waals surface area contributed by atoms with Crippen LogP contribution in [-0.4, -0.2) is 47.8 Å². The van der Waals surface area contributed by atoms with Crippen molar-refractivity contribution in [1.82, 2.24) is 0 Å². The Morgan fingerprint density at radius 2 is 2.03 bits per heavy atom. The van der Waals surface area contributed by atoms with Gasteiger partial charge < -0.3 is 14.3 Å². The topological polar surface area (TPSA) is 46.5 Å². The summed E-state index contributed by atoms with van der Waals surface area (Å²) >= 11 is 3.21. The SMILES string of the molecule is C=CCC(O)(C(=O)O[C@H]1C[N+]2(CCCc3cccs3)CCC1CC2)c1cccs1. The van der Waals surface area contributed by atoms with E-state index in [1.807, 2.05) is 22.8 Å². The molecule has 156 valence electrons. The summed E-state index contributed by atoms with van der Waals surface area (Å²) < 4.78 is 7.05. The molecule has 5 rings (SSSR count). The highest BCUT2D eigenvalue weighted by atomic mass is 32.1. The predicted molar refractivity (Wildman–Crippen MR) is 118 cm³/mol. The van der Waals surface area contributed by atoms with Crippen molar-refractivity contribution in [2.45, 2.75) is 43.8 Å². The van der Waals surface area contributed by atoms with Crippen LogP contribution in [0.5, 0.6) is 0 Å². The van der Waals surface area contributed by atoms with Crippen molar-refractivity contribution in [1.29, 1.82) is 0 Å². The minimum atomic E-state index is -1.62. The predicted octanol–water partition coefficient (Wildman–Crippen LogP) is 4.36. The molecule has 0 radical (unpaired) electrons. The van der Waals surface area contributed by atoms with Crippen LogP contribution in [0.4, 0.5) is 0 Å². The summed E-state index contributed by atoms with van der Waals surface area (Å²) in [5.74, 6) is -0.0945. The number of carbonyl (C=O) groups excluding carboxylic acids is 1. The fraction of sp³-hybridized carbons (Fsp3) is 0.522. The van der Waals surface area contributed by atoms with Crippen LogP contribution in [0.3, 0.4) is 0 Å². The van der Waals surface area contributed by atoms with E-state index in [1.165, 1.54) is 35.7 Å². The average molecular weight is 433 g/mol. The molecule has 0 spiro atoms. The van der Waals surface area contributed by atoms with Gasteiger partial charge in [-0.15, -0.1) is 29.3 Å². The maximum absolute atomic E-state index is 13.1. The molecule has 2 aromatic rings. The van der Waals surface area contributed by atoms with Gasteiger partial charge in [-0.2, -0.15) is 0 Å². The van der Waals surface area contributed by atoms with Crippen LogP contribution < -0.4 is 0 Å². The molecule has 0 aliphatic carbocycles. The minimum absolute atomic E-state index is 0.0944. The number of ether oxygens (including phenoxy) is 1. The third-order valence-electron chi connectivity index (χ3n) is 6.64. The number of aliphatic hydroxyl groups is 1. The first kappa shape index (κ1) is 20.8. The van der Waals surface area contributed by atoms with Gasteiger partial charge >= 0.3 is 5.97 Å². The van der Waals surface area contributed by atoms with E-state index < -0.39 is 11.6 Å². The molecule has 0 aromatic carbocycles. The molecule has 3 fully saturated rings. The lowest BCUT2D eigenvalue weighted by molar-refractivity contribution is -0.946. The zero-order chi connectivity index (χ0) is 20.3. The summed E-state index contributed by atoms with van der Waals surface area (Å²) in [5, 5.41) is 15.1. The Kier molecular flexibility index (Phi) is 6.25. The van der Waals surface area contributed by atoms with Crippen LogP contribution in [0.1, 0.15) is 35.4 Å². The van der Waals surface area contributed by atoms with Crippen LogP contribution in [0.15, 0.2) is 47.7 Å². The molecule has 1 unspecified atom stereocenters. The minimum Gasteiger partial charge on any atom is -0.454 e. The Bertz CT molecular complexity index is 809. The molecule has 3 saturated heterocycles. The van der Waals surface area contributed by atoms with Crippen LogP contribution in [0, 0.1) is 5.92 Å². The number of esters is 1. The molecular weight excluding hydrogens is 402 g/mol. The van der Waals surface area contributed by atoms with Crippen molar-refractivity contribution in [3.8, 4) is 0 Å². The van der Waals surface area contributed by atoms with Crippen LogP contribution in [0.25, 0.3) is 0 Å². The molecule has 1 N–H and O–H groups in total. The zero-order valence-corrected chi connectivity index (χ0v) is 18.4. The van der Waals surface area contributed by atoms with Gasteiger partial charge in [0.2, 0.25) is 0 Å². The van der Waals surface area contributed by atoms with Gasteiger partial charge in [0, 0.05) is 41.4 Å². The summed E-state index contributed by atoms with van der Waals surface area (Å²) in [6.45, 7) is 8.12. The first-order chi connectivity index (χ1) is 14.0. The highest BCUT2D eigenvalue weighted by Gasteiger charge is 2.49. The summed E-state index contributed by atoms with van der Waals surface area (Å²) in [7, 11) is 0. The molecule has 3 aliphatic rings. The molecule has 3 aliphatic heterocycles. The maximum atomic E-state index is 13.1. The summed E-state index contributed by atoms with van der Waals surface area (Å²) in [5.41, 5.74) is -1.62. The molecule has 2 bridgehead atoms. The molecule has 4 nitrogen and oxygen atoms in total. The smallest absolute Gasteiger partial charge is 0.344 e. The number of nitrogens with zero attached hydrogens (tertiary/aromatic N) is 1. The number of hydrogen-bond acceptors (Lipinski definition) is 5. The van der Waals surface area contributed by atoms with Crippen molar-refractivity contribution in [3.63, 3.8) is 0 Å². The molecule has 5 heterocycles. The monoisotopic (exact) mass is 432 g/mol. The van der Waals surface area contributed by atoms with E-state index in [0.29, 0.717) is 10.8 Å². The van der Waals surface area contributed by atoms with E-state index in [1.54, 1.807) is 12.1 Å². The van der Waals surface area contributed by atoms with Crippen molar-refractivity contribution in [2.75, 3.05) is 26.2 Å². The van der Waals surface area contributed by atoms with Crippen molar-refractivity contribution in [2.24, 2.45) is 5.92 Å². The molecule has 2 atom stereocenters. The standard InChI is InChI=1S/C23H30NO3S2/c1-2-11-23(26,21-8-5-16-29-21)22(25)27-20-17-24(13-9-18(20)10-14-24)12-3-6-19-7-4-15-28-19/h2,4-5,7-8,15-16,18,20,26H,1,3,6,9-14,17H2/q+1/t18?,20-,23?,24?/m0/s1. The van der Waals surface area contributed by atoms with Crippen molar-refractivity contribution in [3.05, 3.63) is 57.4 Å². The van der Waals surface area contributed by atoms with Crippen molar-refractivity contribution < 1.29 is 19.1 Å². The van der Waals surface area contributed by atoms with Gasteiger partial charge in [0.15, 0.2) is 11.7 Å². The second-order valence-electron chi connectivity index (χ2n) is 8.49. The van der Waals surface area contributed by atoms with E-state index >= 15 is 0 Å². The Hall–Kier alpha value is -1.47. The number of piperidine rings is 3. The molecule has 6 heteroatoms. The maximum Gasteiger partial charge on any atom is 0.344 e. The number of aryl methyl sites for hydroxylation is 1. The van der Waals surface area contributed by atoms with Gasteiger partial charge in [0.1, 0.15) is 6.54 Å².